The first-order valence-corrected chi connectivity index (χ1v) is 13.5. The number of alkyl carbamates (subject to hydrolysis) is 1. The summed E-state index contributed by atoms with van der Waals surface area (Å²) in [5.41, 5.74) is 6.90. The first kappa shape index (κ1) is 32.3. The minimum atomic E-state index is -0.607. The van der Waals surface area contributed by atoms with Gasteiger partial charge in [-0.3, -0.25) is 4.79 Å². The summed E-state index contributed by atoms with van der Waals surface area (Å²) in [6, 6.07) is 7.85. The van der Waals surface area contributed by atoms with E-state index in [0.717, 1.165) is 23.7 Å². The molecule has 0 radical (unpaired) electrons. The molecule has 0 bridgehead atoms. The van der Waals surface area contributed by atoms with Crippen LogP contribution in [0.25, 0.3) is 0 Å². The second-order valence-electron chi connectivity index (χ2n) is 9.31. The van der Waals surface area contributed by atoms with Gasteiger partial charge < -0.3 is 34.7 Å². The van der Waals surface area contributed by atoms with Crippen molar-refractivity contribution >= 4 is 27.9 Å². The molecule has 0 aliphatic carbocycles. The molecule has 206 valence electrons. The third-order valence-corrected chi connectivity index (χ3v) is 5.11. The summed E-state index contributed by atoms with van der Waals surface area (Å²) in [7, 11) is 0. The lowest BCUT2D eigenvalue weighted by Crippen LogP contribution is -2.42. The lowest BCUT2D eigenvalue weighted by molar-refractivity contribution is -0.118. The number of benzene rings is 1. The number of hydrogen-bond donors (Lipinski definition) is 2. The van der Waals surface area contributed by atoms with Crippen LogP contribution in [0.4, 0.5) is 4.79 Å². The summed E-state index contributed by atoms with van der Waals surface area (Å²) in [4.78, 5) is 23.2. The number of nitrogens with one attached hydrogen (secondary N) is 1. The minimum Gasteiger partial charge on any atom is -0.444 e. The van der Waals surface area contributed by atoms with Crippen molar-refractivity contribution < 1.29 is 33.3 Å². The summed E-state index contributed by atoms with van der Waals surface area (Å²) < 4.78 is 27.4. The van der Waals surface area contributed by atoms with Crippen LogP contribution in [-0.2, 0) is 41.5 Å². The molecule has 1 rings (SSSR count). The van der Waals surface area contributed by atoms with Gasteiger partial charge in [0, 0.05) is 18.4 Å². The van der Waals surface area contributed by atoms with Crippen LogP contribution in [0, 0.1) is 0 Å². The number of primary amides is 1. The van der Waals surface area contributed by atoms with Gasteiger partial charge in [0.2, 0.25) is 5.91 Å². The number of rotatable bonds is 20. The molecule has 2 amide bonds. The second-order valence-corrected chi connectivity index (χ2v) is 10.1. The fourth-order valence-electron chi connectivity index (χ4n) is 3.08. The van der Waals surface area contributed by atoms with Crippen LogP contribution >= 0.6 is 15.9 Å². The van der Waals surface area contributed by atoms with Gasteiger partial charge in [0.25, 0.3) is 0 Å². The number of hydrogen-bond acceptors (Lipinski definition) is 7. The van der Waals surface area contributed by atoms with Gasteiger partial charge in [0.15, 0.2) is 0 Å². The standard InChI is InChI=1S/C26H43BrN2O7/c1-26(2,3)36-25(31)29-23(10-11-24(28)30)20-35-19-22-8-6-21(7-9-22)5-4-13-32-15-17-34-18-16-33-14-12-27/h6-9,23H,4-5,10-20H2,1-3H3,(H2,28,30)(H,29,31). The molecule has 0 aromatic heterocycles. The molecule has 9 nitrogen and oxygen atoms in total. The number of ether oxygens (including phenoxy) is 5. The van der Waals surface area contributed by atoms with Crippen LogP contribution in [0.1, 0.15) is 51.2 Å². The normalized spacial score (nSPS) is 12.3. The molecule has 3 N–H and O–H groups in total. The molecule has 36 heavy (non-hydrogen) atoms. The zero-order valence-corrected chi connectivity index (χ0v) is 23.5. The predicted molar refractivity (Wildman–Crippen MR) is 142 cm³/mol. The molecule has 0 aliphatic rings. The molecule has 1 aromatic carbocycles. The lowest BCUT2D eigenvalue weighted by atomic mass is 10.1. The van der Waals surface area contributed by atoms with Gasteiger partial charge in [-0.15, -0.1) is 0 Å². The van der Waals surface area contributed by atoms with E-state index in [9.17, 15) is 9.59 Å². The Morgan fingerprint density at radius 1 is 0.917 bits per heavy atom. The molecule has 0 saturated heterocycles. The van der Waals surface area contributed by atoms with Gasteiger partial charge in [0.05, 0.1) is 52.3 Å². The Morgan fingerprint density at radius 2 is 1.50 bits per heavy atom. The number of amides is 2. The van der Waals surface area contributed by atoms with E-state index in [-0.39, 0.29) is 19.1 Å². The van der Waals surface area contributed by atoms with E-state index in [1.54, 1.807) is 20.8 Å². The Morgan fingerprint density at radius 3 is 2.08 bits per heavy atom. The Labute approximate surface area is 223 Å². The Balaban J connectivity index is 2.24. The van der Waals surface area contributed by atoms with E-state index in [0.29, 0.717) is 52.7 Å². The van der Waals surface area contributed by atoms with Gasteiger partial charge >= 0.3 is 6.09 Å². The molecule has 1 aromatic rings. The topological polar surface area (TPSA) is 118 Å². The molecule has 10 heteroatoms. The van der Waals surface area contributed by atoms with E-state index in [1.165, 1.54) is 5.56 Å². The number of halogens is 1. The van der Waals surface area contributed by atoms with Crippen LogP contribution in [0.5, 0.6) is 0 Å². The van der Waals surface area contributed by atoms with Crippen molar-refractivity contribution in [1.82, 2.24) is 5.32 Å². The fraction of sp³-hybridized carbons (Fsp3) is 0.692. The number of alkyl halides is 1. The highest BCUT2D eigenvalue weighted by Crippen LogP contribution is 2.10. The SMILES string of the molecule is CC(C)(C)OC(=O)NC(CCC(N)=O)COCc1ccc(CCCOCCOCCOCCBr)cc1. The van der Waals surface area contributed by atoms with Crippen molar-refractivity contribution in [1.29, 1.82) is 0 Å². The zero-order valence-electron chi connectivity index (χ0n) is 21.9. The van der Waals surface area contributed by atoms with Crippen LogP contribution in [0.2, 0.25) is 0 Å². The minimum absolute atomic E-state index is 0.155. The van der Waals surface area contributed by atoms with Gasteiger partial charge in [-0.1, -0.05) is 40.2 Å². The lowest BCUT2D eigenvalue weighted by Gasteiger charge is -2.23. The number of aryl methyl sites for hydroxylation is 1. The van der Waals surface area contributed by atoms with Crippen LogP contribution in [0.15, 0.2) is 24.3 Å². The zero-order chi connectivity index (χ0) is 26.7. The maximum Gasteiger partial charge on any atom is 0.407 e. The molecule has 1 atom stereocenters. The maximum atomic E-state index is 12.1. The first-order chi connectivity index (χ1) is 17.2. The van der Waals surface area contributed by atoms with Crippen molar-refractivity contribution in [2.24, 2.45) is 5.73 Å². The average molecular weight is 576 g/mol. The molecule has 0 aliphatic heterocycles. The van der Waals surface area contributed by atoms with Crippen LogP contribution in [-0.4, -0.2) is 75.2 Å². The number of carbonyl (C=O) groups excluding carboxylic acids is 2. The van der Waals surface area contributed by atoms with Crippen molar-refractivity contribution in [2.45, 2.75) is 64.7 Å². The highest BCUT2D eigenvalue weighted by atomic mass is 79.9. The smallest absolute Gasteiger partial charge is 0.407 e. The second kappa shape index (κ2) is 19.4. The maximum absolute atomic E-state index is 12.1. The van der Waals surface area contributed by atoms with Gasteiger partial charge in [-0.05, 0) is 51.2 Å². The average Bonchev–Trinajstić information content (AvgIpc) is 2.80. The van der Waals surface area contributed by atoms with Crippen molar-refractivity contribution in [3.63, 3.8) is 0 Å². The third-order valence-electron chi connectivity index (χ3n) is 4.79. The largest absolute Gasteiger partial charge is 0.444 e. The molecular formula is C26H43BrN2O7. The van der Waals surface area contributed by atoms with E-state index < -0.39 is 17.6 Å². The van der Waals surface area contributed by atoms with E-state index in [2.05, 4.69) is 33.4 Å². The molecule has 0 saturated carbocycles. The summed E-state index contributed by atoms with van der Waals surface area (Å²) in [5.74, 6) is -0.424. The van der Waals surface area contributed by atoms with E-state index in [4.69, 9.17) is 29.4 Å². The van der Waals surface area contributed by atoms with Crippen LogP contribution < -0.4 is 11.1 Å². The third kappa shape index (κ3) is 18.5. The molecule has 0 heterocycles. The summed E-state index contributed by atoms with van der Waals surface area (Å²) in [6.45, 7) is 9.74. The van der Waals surface area contributed by atoms with E-state index >= 15 is 0 Å². The fourth-order valence-corrected chi connectivity index (χ4v) is 3.31. The molecule has 1 unspecified atom stereocenters. The van der Waals surface area contributed by atoms with Crippen LogP contribution in [0.3, 0.4) is 0 Å². The van der Waals surface area contributed by atoms with Crippen molar-refractivity contribution in [2.75, 3.05) is 51.6 Å². The monoisotopic (exact) mass is 574 g/mol. The number of nitrogens with two attached hydrogens (primary N) is 1. The van der Waals surface area contributed by atoms with Crippen molar-refractivity contribution in [3.8, 4) is 0 Å². The highest BCUT2D eigenvalue weighted by Gasteiger charge is 2.20. The molecule has 0 spiro atoms. The first-order valence-electron chi connectivity index (χ1n) is 12.4. The van der Waals surface area contributed by atoms with Crippen molar-refractivity contribution in [3.05, 3.63) is 35.4 Å². The van der Waals surface area contributed by atoms with Gasteiger partial charge in [0.1, 0.15) is 5.60 Å². The summed E-state index contributed by atoms with van der Waals surface area (Å²) in [6.07, 6.45) is 1.85. The molecular weight excluding hydrogens is 532 g/mol. The Hall–Kier alpha value is -1.72. The quantitative estimate of drug-likeness (QED) is 0.180. The number of carbonyl (C=O) groups is 2. The van der Waals surface area contributed by atoms with Gasteiger partial charge in [-0.2, -0.15) is 0 Å². The highest BCUT2D eigenvalue weighted by molar-refractivity contribution is 9.09. The summed E-state index contributed by atoms with van der Waals surface area (Å²) >= 11 is 3.31. The summed E-state index contributed by atoms with van der Waals surface area (Å²) in [5, 5.41) is 3.59. The Kier molecular flexibility index (Phi) is 17.4. The Bertz CT molecular complexity index is 726. The predicted octanol–water partition coefficient (Wildman–Crippen LogP) is 3.74. The van der Waals surface area contributed by atoms with E-state index in [1.807, 2.05) is 12.1 Å². The molecule has 0 fully saturated rings. The van der Waals surface area contributed by atoms with Gasteiger partial charge in [-0.25, -0.2) is 4.79 Å².